The molecule has 12 rings (SSSR count). The second-order valence-corrected chi connectivity index (χ2v) is 16.8. The van der Waals surface area contributed by atoms with Gasteiger partial charge in [0, 0.05) is 33.1 Å². The van der Waals surface area contributed by atoms with Crippen molar-refractivity contribution in [2.45, 2.75) is 19.3 Å². The molecule has 0 fully saturated rings. The molecule has 0 amide bonds. The van der Waals surface area contributed by atoms with E-state index in [1.54, 1.807) is 0 Å². The van der Waals surface area contributed by atoms with Gasteiger partial charge in [0.05, 0.1) is 5.69 Å². The van der Waals surface area contributed by atoms with Crippen molar-refractivity contribution in [3.63, 3.8) is 0 Å². The predicted octanol–water partition coefficient (Wildman–Crippen LogP) is 16.7. The molecule has 0 radical (unpaired) electrons. The van der Waals surface area contributed by atoms with E-state index in [4.69, 9.17) is 4.42 Å². The molecule has 0 unspecified atom stereocenters. The first kappa shape index (κ1) is 35.3. The molecule has 1 aliphatic carbocycles. The van der Waals surface area contributed by atoms with Crippen LogP contribution in [0.2, 0.25) is 0 Å². The molecule has 0 aliphatic heterocycles. The summed E-state index contributed by atoms with van der Waals surface area (Å²) in [7, 11) is 0. The van der Waals surface area contributed by atoms with Crippen LogP contribution in [0.4, 0.5) is 17.1 Å². The number of para-hydroxylation sites is 2. The highest BCUT2D eigenvalue weighted by atomic mass is 16.3. The summed E-state index contributed by atoms with van der Waals surface area (Å²) < 4.78 is 6.41. The predicted molar refractivity (Wildman–Crippen MR) is 257 cm³/mol. The van der Waals surface area contributed by atoms with Gasteiger partial charge < -0.3 is 9.32 Å². The molecule has 0 saturated heterocycles. The number of rotatable bonds is 6. The van der Waals surface area contributed by atoms with Crippen molar-refractivity contribution in [1.29, 1.82) is 0 Å². The average Bonchev–Trinajstić information content (AvgIpc) is 3.81. The zero-order chi connectivity index (χ0) is 40.7. The fraction of sp³-hybridized carbons (Fsp3) is 0.0508. The fourth-order valence-electron chi connectivity index (χ4n) is 10.1. The van der Waals surface area contributed by atoms with Crippen LogP contribution in [0, 0.1) is 0 Å². The minimum atomic E-state index is -0.0242. The largest absolute Gasteiger partial charge is 0.456 e. The van der Waals surface area contributed by atoms with Gasteiger partial charge in [0.1, 0.15) is 11.2 Å². The first-order valence-electron chi connectivity index (χ1n) is 21.2. The zero-order valence-electron chi connectivity index (χ0n) is 34.1. The highest BCUT2D eigenvalue weighted by Gasteiger charge is 2.35. The molecule has 1 aliphatic rings. The van der Waals surface area contributed by atoms with Gasteiger partial charge in [0.15, 0.2) is 0 Å². The lowest BCUT2D eigenvalue weighted by molar-refractivity contribution is 0.660. The van der Waals surface area contributed by atoms with Crippen LogP contribution in [0.25, 0.3) is 88.0 Å². The third kappa shape index (κ3) is 5.56. The molecule has 2 nitrogen and oxygen atoms in total. The van der Waals surface area contributed by atoms with Gasteiger partial charge in [-0.05, 0) is 120 Å². The van der Waals surface area contributed by atoms with E-state index in [0.717, 1.165) is 50.1 Å². The van der Waals surface area contributed by atoms with Crippen LogP contribution >= 0.6 is 0 Å². The van der Waals surface area contributed by atoms with Crippen molar-refractivity contribution in [1.82, 2.24) is 0 Å². The molecule has 0 N–H and O–H groups in total. The Labute approximate surface area is 355 Å². The molecule has 10 aromatic carbocycles. The normalized spacial score (nSPS) is 12.9. The van der Waals surface area contributed by atoms with E-state index in [-0.39, 0.29) is 5.41 Å². The average molecular weight is 780 g/mol. The fourth-order valence-corrected chi connectivity index (χ4v) is 10.1. The van der Waals surface area contributed by atoms with Crippen molar-refractivity contribution < 1.29 is 4.42 Å². The maximum atomic E-state index is 6.41. The Morgan fingerprint density at radius 1 is 0.361 bits per heavy atom. The lowest BCUT2D eigenvalue weighted by Crippen LogP contribution is -2.14. The quantitative estimate of drug-likeness (QED) is 0.156. The van der Waals surface area contributed by atoms with Gasteiger partial charge in [0.2, 0.25) is 0 Å². The van der Waals surface area contributed by atoms with Gasteiger partial charge >= 0.3 is 0 Å². The Hall–Kier alpha value is -7.68. The minimum absolute atomic E-state index is 0.0242. The Balaban J connectivity index is 1.03. The summed E-state index contributed by atoms with van der Waals surface area (Å²) in [5, 5.41) is 7.27. The first-order valence-corrected chi connectivity index (χ1v) is 21.2. The van der Waals surface area contributed by atoms with E-state index in [9.17, 15) is 0 Å². The summed E-state index contributed by atoms with van der Waals surface area (Å²) in [5.74, 6) is 0. The molecule has 61 heavy (non-hydrogen) atoms. The SMILES string of the molecule is CC1(C)c2ccccc2-c2cc(-c3ccc(N(c4cccc(-c5cccc6c5ccc5ccccc56)c4)c4ccccc4-c4cccc5oc6ccccc6c45)cc3)ccc21. The Morgan fingerprint density at radius 2 is 1.02 bits per heavy atom. The number of nitrogens with zero attached hydrogens (tertiary/aromatic N) is 1. The Morgan fingerprint density at radius 3 is 1.92 bits per heavy atom. The summed E-state index contributed by atoms with van der Waals surface area (Å²) >= 11 is 0. The molecule has 2 heteroatoms. The number of hydrogen-bond donors (Lipinski definition) is 0. The zero-order valence-corrected chi connectivity index (χ0v) is 34.1. The lowest BCUT2D eigenvalue weighted by atomic mass is 9.82. The number of benzene rings is 10. The van der Waals surface area contributed by atoms with Crippen LogP contribution in [-0.2, 0) is 5.41 Å². The van der Waals surface area contributed by atoms with Crippen molar-refractivity contribution in [2.24, 2.45) is 0 Å². The third-order valence-corrected chi connectivity index (χ3v) is 13.1. The highest BCUT2D eigenvalue weighted by Crippen LogP contribution is 2.50. The van der Waals surface area contributed by atoms with E-state index >= 15 is 0 Å². The van der Waals surface area contributed by atoms with E-state index < -0.39 is 0 Å². The molecular weight excluding hydrogens is 739 g/mol. The van der Waals surface area contributed by atoms with Crippen molar-refractivity contribution in [2.75, 3.05) is 4.90 Å². The summed E-state index contributed by atoms with van der Waals surface area (Å²) in [5.41, 5.74) is 17.5. The van der Waals surface area contributed by atoms with E-state index in [0.29, 0.717) is 0 Å². The molecule has 11 aromatic rings. The molecule has 0 saturated carbocycles. The molecule has 1 aromatic heterocycles. The monoisotopic (exact) mass is 779 g/mol. The van der Waals surface area contributed by atoms with E-state index in [1.165, 1.54) is 66.1 Å². The Bertz CT molecular complexity index is 3520. The standard InChI is InChI=1S/C59H41NO/c1-59(2)53-24-8-5-18-48(53)52-37-40(31-35-54(52)59)38-28-32-42(33-29-38)60(55-25-9-6-19-49(55)50-23-13-27-57-58(50)51-20-7-10-26-56(51)61-57)43-16-11-15-41(36-43)45-21-12-22-46-44-17-4-3-14-39(44)30-34-47(45)46/h3-37H,1-2H3. The number of anilines is 3. The molecular formula is C59H41NO. The van der Waals surface area contributed by atoms with Crippen LogP contribution in [0.1, 0.15) is 25.0 Å². The number of hydrogen-bond acceptors (Lipinski definition) is 2. The second kappa shape index (κ2) is 13.7. The van der Waals surface area contributed by atoms with Gasteiger partial charge in [-0.1, -0.05) is 178 Å². The second-order valence-electron chi connectivity index (χ2n) is 16.8. The van der Waals surface area contributed by atoms with Crippen LogP contribution in [0.3, 0.4) is 0 Å². The van der Waals surface area contributed by atoms with Crippen molar-refractivity contribution in [3.05, 3.63) is 223 Å². The molecule has 0 spiro atoms. The lowest BCUT2D eigenvalue weighted by Gasteiger charge is -2.29. The van der Waals surface area contributed by atoms with Gasteiger partial charge in [-0.25, -0.2) is 0 Å². The maximum absolute atomic E-state index is 6.41. The van der Waals surface area contributed by atoms with Gasteiger partial charge in [-0.3, -0.25) is 0 Å². The van der Waals surface area contributed by atoms with E-state index in [1.807, 2.05) is 6.07 Å². The molecule has 0 bridgehead atoms. The minimum Gasteiger partial charge on any atom is -0.456 e. The van der Waals surface area contributed by atoms with Gasteiger partial charge in [-0.2, -0.15) is 0 Å². The third-order valence-electron chi connectivity index (χ3n) is 13.1. The maximum Gasteiger partial charge on any atom is 0.136 e. The van der Waals surface area contributed by atoms with Crippen LogP contribution in [0.15, 0.2) is 217 Å². The number of fused-ring (bicyclic) bond motifs is 9. The Kier molecular flexibility index (Phi) is 7.92. The van der Waals surface area contributed by atoms with Crippen LogP contribution < -0.4 is 4.90 Å². The van der Waals surface area contributed by atoms with Gasteiger partial charge in [-0.15, -0.1) is 0 Å². The van der Waals surface area contributed by atoms with Crippen LogP contribution in [0.5, 0.6) is 0 Å². The summed E-state index contributed by atoms with van der Waals surface area (Å²) in [6, 6.07) is 77.5. The molecule has 0 atom stereocenters. The van der Waals surface area contributed by atoms with Crippen molar-refractivity contribution in [3.8, 4) is 44.5 Å². The number of furan rings is 1. The molecule has 288 valence electrons. The smallest absolute Gasteiger partial charge is 0.136 e. The van der Waals surface area contributed by atoms with Gasteiger partial charge in [0.25, 0.3) is 0 Å². The summed E-state index contributed by atoms with van der Waals surface area (Å²) in [6.07, 6.45) is 0. The highest BCUT2D eigenvalue weighted by molar-refractivity contribution is 6.14. The van der Waals surface area contributed by atoms with E-state index in [2.05, 4.69) is 225 Å². The van der Waals surface area contributed by atoms with Crippen LogP contribution in [-0.4, -0.2) is 0 Å². The summed E-state index contributed by atoms with van der Waals surface area (Å²) in [4.78, 5) is 2.42. The first-order chi connectivity index (χ1) is 30.0. The topological polar surface area (TPSA) is 16.4 Å². The summed E-state index contributed by atoms with van der Waals surface area (Å²) in [6.45, 7) is 4.68. The van der Waals surface area contributed by atoms with Crippen molar-refractivity contribution >= 4 is 60.5 Å². The molecule has 1 heterocycles.